The Hall–Kier alpha value is -1.95. The summed E-state index contributed by atoms with van der Waals surface area (Å²) < 4.78 is 19.5. The Morgan fingerprint density at radius 3 is 2.56 bits per heavy atom. The highest BCUT2D eigenvalue weighted by molar-refractivity contribution is 5.34. The number of nitrogens with one attached hydrogen (secondary N) is 1. The van der Waals surface area contributed by atoms with Crippen LogP contribution in [0.15, 0.2) is 42.5 Å². The summed E-state index contributed by atoms with van der Waals surface area (Å²) in [4.78, 5) is 5.38. The molecule has 2 aromatic rings. The van der Waals surface area contributed by atoms with E-state index >= 15 is 0 Å². The maximum absolute atomic E-state index is 14.4. The molecule has 0 aromatic heterocycles. The Morgan fingerprint density at radius 2 is 1.88 bits per heavy atom. The number of nitrogens with zero attached hydrogens (tertiary/aromatic N) is 2. The van der Waals surface area contributed by atoms with Crippen LogP contribution in [0.25, 0.3) is 0 Å². The van der Waals surface area contributed by atoms with Crippen molar-refractivity contribution in [2.24, 2.45) is 5.41 Å². The average molecular weight is 466 g/mol. The number of methoxy groups -OCH3 is 1. The summed E-state index contributed by atoms with van der Waals surface area (Å²) in [5.74, 6) is 0.538. The van der Waals surface area contributed by atoms with Crippen molar-refractivity contribution in [2.75, 3.05) is 39.8 Å². The quantitative estimate of drug-likeness (QED) is 0.623. The summed E-state index contributed by atoms with van der Waals surface area (Å²) in [6.07, 6.45) is 5.32. The molecule has 2 heterocycles. The second-order valence-electron chi connectivity index (χ2n) is 10.9. The Balaban J connectivity index is 1.42. The molecule has 2 aromatic carbocycles. The normalized spacial score (nSPS) is 25.4. The minimum atomic E-state index is -0.275. The van der Waals surface area contributed by atoms with E-state index in [9.17, 15) is 4.39 Å². The number of piperazine rings is 1. The van der Waals surface area contributed by atoms with Gasteiger partial charge in [0.2, 0.25) is 0 Å². The largest absolute Gasteiger partial charge is 0.494 e. The lowest BCUT2D eigenvalue weighted by Gasteiger charge is -2.60. The van der Waals surface area contributed by atoms with Gasteiger partial charge in [-0.1, -0.05) is 44.2 Å². The molecule has 0 amide bonds. The van der Waals surface area contributed by atoms with Crippen molar-refractivity contribution >= 4 is 0 Å². The Morgan fingerprint density at radius 1 is 1.09 bits per heavy atom. The van der Waals surface area contributed by atoms with Gasteiger partial charge in [0, 0.05) is 38.3 Å². The predicted octanol–water partition coefficient (Wildman–Crippen LogP) is 5.35. The molecule has 2 atom stereocenters. The topological polar surface area (TPSA) is 27.7 Å². The van der Waals surface area contributed by atoms with Gasteiger partial charge < -0.3 is 10.1 Å². The molecular weight excluding hydrogens is 425 g/mol. The van der Waals surface area contributed by atoms with Gasteiger partial charge in [-0.25, -0.2) is 4.39 Å². The van der Waals surface area contributed by atoms with Crippen molar-refractivity contribution in [3.05, 3.63) is 65.0 Å². The van der Waals surface area contributed by atoms with Gasteiger partial charge in [0.1, 0.15) is 0 Å². The summed E-state index contributed by atoms with van der Waals surface area (Å²) in [6, 6.07) is 15.5. The first-order chi connectivity index (χ1) is 16.5. The van der Waals surface area contributed by atoms with Crippen LogP contribution in [0, 0.1) is 11.2 Å². The summed E-state index contributed by atoms with van der Waals surface area (Å²) in [6.45, 7) is 10.8. The molecule has 4 nitrogen and oxygen atoms in total. The lowest BCUT2D eigenvalue weighted by Crippen LogP contribution is -2.63. The van der Waals surface area contributed by atoms with Crippen LogP contribution in [0.4, 0.5) is 4.39 Å². The summed E-state index contributed by atoms with van der Waals surface area (Å²) in [7, 11) is 1.52. The van der Waals surface area contributed by atoms with Gasteiger partial charge >= 0.3 is 0 Å². The molecule has 5 rings (SSSR count). The molecule has 34 heavy (non-hydrogen) atoms. The molecular formula is C29H40FN3O. The number of ether oxygens (including phenoxy) is 1. The summed E-state index contributed by atoms with van der Waals surface area (Å²) in [5, 5.41) is 3.58. The average Bonchev–Trinajstić information content (AvgIpc) is 2.85. The number of piperidine rings is 1. The van der Waals surface area contributed by atoms with Crippen molar-refractivity contribution in [1.29, 1.82) is 0 Å². The SMILES string of the molecule is COc1ccc(CN2CCN(C3CCC34CCNCC4)C(c3ccccc3C(C)C)C2)cc1F. The van der Waals surface area contributed by atoms with Gasteiger partial charge in [0.25, 0.3) is 0 Å². The molecule has 2 saturated heterocycles. The molecule has 1 aliphatic carbocycles. The van der Waals surface area contributed by atoms with E-state index in [0.717, 1.165) is 44.8 Å². The van der Waals surface area contributed by atoms with Crippen LogP contribution < -0.4 is 10.1 Å². The molecule has 2 unspecified atom stereocenters. The van der Waals surface area contributed by atoms with E-state index in [4.69, 9.17) is 4.74 Å². The van der Waals surface area contributed by atoms with Crippen molar-refractivity contribution in [2.45, 2.75) is 64.1 Å². The maximum atomic E-state index is 14.4. The van der Waals surface area contributed by atoms with E-state index in [0.29, 0.717) is 29.2 Å². The smallest absolute Gasteiger partial charge is 0.165 e. The summed E-state index contributed by atoms with van der Waals surface area (Å²) >= 11 is 0. The fraction of sp³-hybridized carbons (Fsp3) is 0.586. The number of halogens is 1. The number of rotatable bonds is 6. The Labute approximate surface area is 204 Å². The fourth-order valence-electron chi connectivity index (χ4n) is 6.76. The van der Waals surface area contributed by atoms with Gasteiger partial charge in [-0.2, -0.15) is 0 Å². The van der Waals surface area contributed by atoms with Crippen LogP contribution >= 0.6 is 0 Å². The van der Waals surface area contributed by atoms with E-state index < -0.39 is 0 Å². The number of benzene rings is 2. The van der Waals surface area contributed by atoms with Crippen LogP contribution in [0.1, 0.15) is 68.2 Å². The van der Waals surface area contributed by atoms with Crippen LogP contribution in [0.3, 0.4) is 0 Å². The second kappa shape index (κ2) is 9.96. The van der Waals surface area contributed by atoms with Crippen LogP contribution in [0.5, 0.6) is 5.75 Å². The molecule has 2 aliphatic heterocycles. The highest BCUT2D eigenvalue weighted by atomic mass is 19.1. The van der Waals surface area contributed by atoms with E-state index in [1.165, 1.54) is 43.9 Å². The molecule has 184 valence electrons. The minimum Gasteiger partial charge on any atom is -0.494 e. The molecule has 3 fully saturated rings. The first kappa shape index (κ1) is 23.8. The van der Waals surface area contributed by atoms with Gasteiger partial charge in [0.15, 0.2) is 11.6 Å². The van der Waals surface area contributed by atoms with E-state index in [-0.39, 0.29) is 5.82 Å². The third-order valence-electron chi connectivity index (χ3n) is 8.73. The zero-order valence-corrected chi connectivity index (χ0v) is 21.0. The van der Waals surface area contributed by atoms with Crippen LogP contribution in [0.2, 0.25) is 0 Å². The molecule has 1 saturated carbocycles. The molecule has 0 bridgehead atoms. The number of hydrogen-bond acceptors (Lipinski definition) is 4. The third-order valence-corrected chi connectivity index (χ3v) is 8.73. The lowest BCUT2D eigenvalue weighted by atomic mass is 9.58. The highest BCUT2D eigenvalue weighted by Gasteiger charge is 2.51. The first-order valence-electron chi connectivity index (χ1n) is 13.1. The number of hydrogen-bond donors (Lipinski definition) is 1. The lowest BCUT2D eigenvalue weighted by molar-refractivity contribution is -0.0905. The fourth-order valence-corrected chi connectivity index (χ4v) is 6.76. The molecule has 5 heteroatoms. The van der Waals surface area contributed by atoms with Gasteiger partial charge in [0.05, 0.1) is 7.11 Å². The standard InChI is InChI=1S/C29H40FN3O/c1-21(2)23-6-4-5-7-24(23)26-20-32(19-22-8-9-27(34-3)25(30)18-22)16-17-33(26)28-10-11-29(28)12-14-31-15-13-29/h4-9,18,21,26,28,31H,10-17,19-20H2,1-3H3. The predicted molar refractivity (Wildman–Crippen MR) is 136 cm³/mol. The van der Waals surface area contributed by atoms with E-state index in [1.54, 1.807) is 12.1 Å². The van der Waals surface area contributed by atoms with Gasteiger partial charge in [-0.05, 0) is 78.9 Å². The minimum absolute atomic E-state index is 0.275. The molecule has 3 aliphatic rings. The Kier molecular flexibility index (Phi) is 6.97. The monoisotopic (exact) mass is 465 g/mol. The van der Waals surface area contributed by atoms with E-state index in [1.807, 2.05) is 6.07 Å². The van der Waals surface area contributed by atoms with Crippen LogP contribution in [-0.2, 0) is 6.54 Å². The van der Waals surface area contributed by atoms with Crippen molar-refractivity contribution in [3.63, 3.8) is 0 Å². The maximum Gasteiger partial charge on any atom is 0.165 e. The Bertz CT molecular complexity index is 987. The summed E-state index contributed by atoms with van der Waals surface area (Å²) in [5.41, 5.74) is 4.46. The van der Waals surface area contributed by atoms with Gasteiger partial charge in [-0.3, -0.25) is 9.80 Å². The van der Waals surface area contributed by atoms with Crippen LogP contribution in [-0.4, -0.2) is 55.7 Å². The van der Waals surface area contributed by atoms with Crippen molar-refractivity contribution < 1.29 is 9.13 Å². The molecule has 1 N–H and O–H groups in total. The highest BCUT2D eigenvalue weighted by Crippen LogP contribution is 2.53. The second-order valence-corrected chi connectivity index (χ2v) is 10.9. The molecule has 1 spiro atoms. The van der Waals surface area contributed by atoms with Crippen molar-refractivity contribution in [3.8, 4) is 5.75 Å². The van der Waals surface area contributed by atoms with Gasteiger partial charge in [-0.15, -0.1) is 0 Å². The zero-order chi connectivity index (χ0) is 23.7. The molecule has 0 radical (unpaired) electrons. The first-order valence-corrected chi connectivity index (χ1v) is 13.1. The third kappa shape index (κ3) is 4.50. The van der Waals surface area contributed by atoms with Crippen molar-refractivity contribution in [1.82, 2.24) is 15.1 Å². The zero-order valence-electron chi connectivity index (χ0n) is 21.0. The van der Waals surface area contributed by atoms with E-state index in [2.05, 4.69) is 53.2 Å².